The third-order valence-electron chi connectivity index (χ3n) is 2.03. The second-order valence-corrected chi connectivity index (χ2v) is 3.85. The SMILES string of the molecule is CC(C)NCCNCc1ccc(=O)[nH]c1. The molecular weight excluding hydrogens is 190 g/mol. The van der Waals surface area contributed by atoms with Crippen molar-refractivity contribution in [3.63, 3.8) is 0 Å². The topological polar surface area (TPSA) is 56.9 Å². The first-order chi connectivity index (χ1) is 7.18. The Bertz CT molecular complexity index is 312. The van der Waals surface area contributed by atoms with Crippen LogP contribution in [-0.4, -0.2) is 24.1 Å². The molecule has 0 fully saturated rings. The van der Waals surface area contributed by atoms with Gasteiger partial charge in [-0.1, -0.05) is 19.9 Å². The van der Waals surface area contributed by atoms with E-state index in [1.54, 1.807) is 12.3 Å². The van der Waals surface area contributed by atoms with Crippen molar-refractivity contribution in [1.82, 2.24) is 15.6 Å². The molecule has 0 amide bonds. The van der Waals surface area contributed by atoms with Crippen LogP contribution in [0.4, 0.5) is 0 Å². The Balaban J connectivity index is 2.15. The lowest BCUT2D eigenvalue weighted by Crippen LogP contribution is -2.31. The van der Waals surface area contributed by atoms with Crippen LogP contribution >= 0.6 is 0 Å². The first-order valence-corrected chi connectivity index (χ1v) is 5.30. The summed E-state index contributed by atoms with van der Waals surface area (Å²) in [6.45, 7) is 6.93. The van der Waals surface area contributed by atoms with Gasteiger partial charge in [-0.15, -0.1) is 0 Å². The van der Waals surface area contributed by atoms with Crippen LogP contribution in [0.15, 0.2) is 23.1 Å². The molecule has 1 rings (SSSR count). The highest BCUT2D eigenvalue weighted by atomic mass is 16.1. The van der Waals surface area contributed by atoms with Crippen molar-refractivity contribution in [2.75, 3.05) is 13.1 Å². The maximum Gasteiger partial charge on any atom is 0.247 e. The average Bonchev–Trinajstić information content (AvgIpc) is 2.20. The molecule has 0 aliphatic rings. The standard InChI is InChI=1S/C11H19N3O/c1-9(2)13-6-5-12-7-10-3-4-11(15)14-8-10/h3-4,8-9,12-13H,5-7H2,1-2H3,(H,14,15). The highest BCUT2D eigenvalue weighted by Gasteiger charge is 1.93. The Kier molecular flexibility index (Phi) is 5.07. The van der Waals surface area contributed by atoms with Crippen molar-refractivity contribution >= 4 is 0 Å². The molecule has 4 heteroatoms. The highest BCUT2D eigenvalue weighted by molar-refractivity contribution is 5.07. The molecule has 0 aromatic carbocycles. The molecule has 0 spiro atoms. The Morgan fingerprint density at radius 1 is 1.33 bits per heavy atom. The van der Waals surface area contributed by atoms with Crippen molar-refractivity contribution in [1.29, 1.82) is 0 Å². The molecule has 0 saturated heterocycles. The lowest BCUT2D eigenvalue weighted by atomic mass is 10.3. The fourth-order valence-electron chi connectivity index (χ4n) is 1.23. The lowest BCUT2D eigenvalue weighted by molar-refractivity contribution is 0.555. The van der Waals surface area contributed by atoms with Crippen molar-refractivity contribution < 1.29 is 0 Å². The van der Waals surface area contributed by atoms with E-state index in [2.05, 4.69) is 29.5 Å². The molecule has 0 radical (unpaired) electrons. The highest BCUT2D eigenvalue weighted by Crippen LogP contribution is 1.90. The number of H-pyrrole nitrogens is 1. The zero-order valence-electron chi connectivity index (χ0n) is 9.34. The van der Waals surface area contributed by atoms with Gasteiger partial charge < -0.3 is 15.6 Å². The Morgan fingerprint density at radius 2 is 2.13 bits per heavy atom. The van der Waals surface area contributed by atoms with Crippen LogP contribution in [0.25, 0.3) is 0 Å². The molecule has 0 saturated carbocycles. The minimum Gasteiger partial charge on any atom is -0.329 e. The van der Waals surface area contributed by atoms with Crippen molar-refractivity contribution in [3.05, 3.63) is 34.2 Å². The van der Waals surface area contributed by atoms with Gasteiger partial charge in [-0.25, -0.2) is 0 Å². The van der Waals surface area contributed by atoms with E-state index in [1.807, 2.05) is 6.07 Å². The first-order valence-electron chi connectivity index (χ1n) is 5.30. The number of rotatable bonds is 6. The van der Waals surface area contributed by atoms with E-state index in [4.69, 9.17) is 0 Å². The smallest absolute Gasteiger partial charge is 0.247 e. The van der Waals surface area contributed by atoms with E-state index < -0.39 is 0 Å². The molecule has 0 bridgehead atoms. The molecular formula is C11H19N3O. The summed E-state index contributed by atoms with van der Waals surface area (Å²) in [6, 6.07) is 3.91. The fourth-order valence-corrected chi connectivity index (χ4v) is 1.23. The average molecular weight is 209 g/mol. The summed E-state index contributed by atoms with van der Waals surface area (Å²) >= 11 is 0. The summed E-state index contributed by atoms with van der Waals surface area (Å²) in [6.07, 6.45) is 1.74. The van der Waals surface area contributed by atoms with E-state index in [-0.39, 0.29) is 5.56 Å². The van der Waals surface area contributed by atoms with Crippen LogP contribution < -0.4 is 16.2 Å². The van der Waals surface area contributed by atoms with Crippen LogP contribution in [0.1, 0.15) is 19.4 Å². The maximum absolute atomic E-state index is 10.8. The van der Waals surface area contributed by atoms with Crippen molar-refractivity contribution in [2.45, 2.75) is 26.4 Å². The first kappa shape index (κ1) is 11.9. The molecule has 1 aromatic heterocycles. The van der Waals surface area contributed by atoms with E-state index in [0.717, 1.165) is 25.2 Å². The van der Waals surface area contributed by atoms with Crippen LogP contribution in [0.3, 0.4) is 0 Å². The second-order valence-electron chi connectivity index (χ2n) is 3.85. The van der Waals surface area contributed by atoms with E-state index in [0.29, 0.717) is 6.04 Å². The zero-order valence-corrected chi connectivity index (χ0v) is 9.34. The quantitative estimate of drug-likeness (QED) is 0.597. The zero-order chi connectivity index (χ0) is 11.1. The summed E-state index contributed by atoms with van der Waals surface area (Å²) in [5, 5.41) is 6.61. The fraction of sp³-hybridized carbons (Fsp3) is 0.545. The Labute approximate surface area is 90.1 Å². The normalized spacial score (nSPS) is 10.9. The summed E-state index contributed by atoms with van der Waals surface area (Å²) in [5.41, 5.74) is 1.04. The summed E-state index contributed by atoms with van der Waals surface area (Å²) < 4.78 is 0. The van der Waals surface area contributed by atoms with Crippen LogP contribution in [0.5, 0.6) is 0 Å². The van der Waals surface area contributed by atoms with E-state index >= 15 is 0 Å². The van der Waals surface area contributed by atoms with Gasteiger partial charge >= 0.3 is 0 Å². The van der Waals surface area contributed by atoms with Gasteiger partial charge in [-0.3, -0.25) is 4.79 Å². The monoisotopic (exact) mass is 209 g/mol. The number of hydrogen-bond acceptors (Lipinski definition) is 3. The molecule has 0 aliphatic heterocycles. The molecule has 3 N–H and O–H groups in total. The van der Waals surface area contributed by atoms with Gasteiger partial charge in [0, 0.05) is 37.9 Å². The van der Waals surface area contributed by atoms with Crippen LogP contribution in [0.2, 0.25) is 0 Å². The molecule has 4 nitrogen and oxygen atoms in total. The van der Waals surface area contributed by atoms with E-state index in [1.165, 1.54) is 0 Å². The third kappa shape index (κ3) is 5.34. The summed E-state index contributed by atoms with van der Waals surface area (Å²) in [7, 11) is 0. The Hall–Kier alpha value is -1.13. The van der Waals surface area contributed by atoms with Crippen LogP contribution in [-0.2, 0) is 6.54 Å². The summed E-state index contributed by atoms with van der Waals surface area (Å²) in [4.78, 5) is 13.4. The molecule has 0 atom stereocenters. The largest absolute Gasteiger partial charge is 0.329 e. The van der Waals surface area contributed by atoms with Crippen molar-refractivity contribution in [2.24, 2.45) is 0 Å². The Morgan fingerprint density at radius 3 is 2.73 bits per heavy atom. The number of aromatic amines is 1. The second kappa shape index (κ2) is 6.37. The van der Waals surface area contributed by atoms with Gasteiger partial charge in [0.1, 0.15) is 0 Å². The number of nitrogens with one attached hydrogen (secondary N) is 3. The van der Waals surface area contributed by atoms with Crippen molar-refractivity contribution in [3.8, 4) is 0 Å². The lowest BCUT2D eigenvalue weighted by Gasteiger charge is -2.08. The maximum atomic E-state index is 10.8. The van der Waals surface area contributed by atoms with Gasteiger partial charge in [-0.2, -0.15) is 0 Å². The summed E-state index contributed by atoms with van der Waals surface area (Å²) in [5.74, 6) is 0. The number of hydrogen-bond donors (Lipinski definition) is 3. The molecule has 1 heterocycles. The minimum atomic E-state index is -0.0553. The predicted octanol–water partition coefficient (Wildman–Crippen LogP) is 0.462. The van der Waals surface area contributed by atoms with Gasteiger partial charge in [0.2, 0.25) is 5.56 Å². The molecule has 0 aliphatic carbocycles. The molecule has 15 heavy (non-hydrogen) atoms. The third-order valence-corrected chi connectivity index (χ3v) is 2.03. The number of pyridine rings is 1. The van der Waals surface area contributed by atoms with Gasteiger partial charge in [0.15, 0.2) is 0 Å². The predicted molar refractivity (Wildman–Crippen MR) is 61.9 cm³/mol. The van der Waals surface area contributed by atoms with Gasteiger partial charge in [0.25, 0.3) is 0 Å². The van der Waals surface area contributed by atoms with Crippen LogP contribution in [0, 0.1) is 0 Å². The van der Waals surface area contributed by atoms with Gasteiger partial charge in [-0.05, 0) is 5.56 Å². The van der Waals surface area contributed by atoms with Gasteiger partial charge in [0.05, 0.1) is 0 Å². The molecule has 1 aromatic rings. The molecule has 84 valence electrons. The molecule has 0 unspecified atom stereocenters. The number of aromatic nitrogens is 1. The minimum absolute atomic E-state index is 0.0553. The van der Waals surface area contributed by atoms with E-state index in [9.17, 15) is 4.79 Å².